The molecule has 1 aromatic carbocycles. The molecule has 1 aromatic heterocycles. The maximum atomic E-state index is 12.7. The van der Waals surface area contributed by atoms with Crippen molar-refractivity contribution in [2.24, 2.45) is 0 Å². The first kappa shape index (κ1) is 21.8. The Morgan fingerprint density at radius 2 is 2.10 bits per heavy atom. The normalized spacial score (nSPS) is 18.9. The molecule has 1 aliphatic rings. The van der Waals surface area contributed by atoms with Crippen LogP contribution in [0.5, 0.6) is 0 Å². The summed E-state index contributed by atoms with van der Waals surface area (Å²) in [6.07, 6.45) is 0.175. The summed E-state index contributed by atoms with van der Waals surface area (Å²) < 4.78 is 33.3. The fourth-order valence-electron chi connectivity index (χ4n) is 3.05. The standard InChI is InChI=1S/C17H17N3O8S2/c1-30(25,26)28-13-6-15(14-10-29-16(8-21)18-14)19(7-13)17(22)27-9-11-2-4-12(5-3-11)20(23)24/h2-5,8,10,13,15H,6-7,9H2,1H3/t13-,15+/m1/s1. The molecule has 0 spiro atoms. The van der Waals surface area contributed by atoms with Gasteiger partial charge in [-0.3, -0.25) is 24.0 Å². The number of rotatable bonds is 7. The number of nitro benzene ring substituents is 1. The van der Waals surface area contributed by atoms with Crippen LogP contribution < -0.4 is 0 Å². The summed E-state index contributed by atoms with van der Waals surface area (Å²) in [6.45, 7) is -0.168. The van der Waals surface area contributed by atoms with Crippen molar-refractivity contribution in [1.29, 1.82) is 0 Å². The van der Waals surface area contributed by atoms with Crippen LogP contribution in [0.1, 0.15) is 33.5 Å². The third-order valence-electron chi connectivity index (χ3n) is 4.30. The lowest BCUT2D eigenvalue weighted by atomic mass is 10.1. The summed E-state index contributed by atoms with van der Waals surface area (Å²) in [4.78, 5) is 39.2. The van der Waals surface area contributed by atoms with Crippen LogP contribution >= 0.6 is 11.3 Å². The van der Waals surface area contributed by atoms with Gasteiger partial charge < -0.3 is 4.74 Å². The molecule has 1 amide bonds. The molecule has 1 fully saturated rings. The van der Waals surface area contributed by atoms with Crippen molar-refractivity contribution in [3.8, 4) is 0 Å². The molecule has 11 nitrogen and oxygen atoms in total. The highest BCUT2D eigenvalue weighted by Gasteiger charge is 2.40. The smallest absolute Gasteiger partial charge is 0.410 e. The average Bonchev–Trinajstić information content (AvgIpc) is 3.31. The second-order valence-electron chi connectivity index (χ2n) is 6.53. The van der Waals surface area contributed by atoms with Gasteiger partial charge in [-0.1, -0.05) is 0 Å². The van der Waals surface area contributed by atoms with E-state index in [0.717, 1.165) is 17.6 Å². The highest BCUT2D eigenvalue weighted by atomic mass is 32.2. The fourth-order valence-corrected chi connectivity index (χ4v) is 4.35. The third-order valence-corrected chi connectivity index (χ3v) is 5.71. The summed E-state index contributed by atoms with van der Waals surface area (Å²) in [7, 11) is -3.74. The van der Waals surface area contributed by atoms with Gasteiger partial charge in [0, 0.05) is 23.9 Å². The number of nitro groups is 1. The Morgan fingerprint density at radius 3 is 2.67 bits per heavy atom. The summed E-state index contributed by atoms with van der Waals surface area (Å²) >= 11 is 1.11. The van der Waals surface area contributed by atoms with Crippen LogP contribution in [0.2, 0.25) is 0 Å². The lowest BCUT2D eigenvalue weighted by Gasteiger charge is -2.22. The lowest BCUT2D eigenvalue weighted by molar-refractivity contribution is -0.384. The predicted molar refractivity (Wildman–Crippen MR) is 105 cm³/mol. The molecule has 1 saturated heterocycles. The van der Waals surface area contributed by atoms with Gasteiger partial charge in [-0.25, -0.2) is 9.78 Å². The number of non-ortho nitro benzene ring substituents is 1. The second kappa shape index (κ2) is 8.85. The van der Waals surface area contributed by atoms with Gasteiger partial charge in [0.15, 0.2) is 11.3 Å². The van der Waals surface area contributed by atoms with E-state index in [4.69, 9.17) is 8.92 Å². The van der Waals surface area contributed by atoms with Crippen molar-refractivity contribution >= 4 is 39.5 Å². The molecule has 0 radical (unpaired) electrons. The largest absolute Gasteiger partial charge is 0.445 e. The Bertz CT molecular complexity index is 1050. The second-order valence-corrected chi connectivity index (χ2v) is 9.02. The number of aldehydes is 1. The Morgan fingerprint density at radius 1 is 1.40 bits per heavy atom. The SMILES string of the molecule is CS(=O)(=O)O[C@@H]1C[C@@H](c2csc(C=O)n2)N(C(=O)OCc2ccc([N+](=O)[O-])cc2)C1. The minimum Gasteiger partial charge on any atom is -0.445 e. The lowest BCUT2D eigenvalue weighted by Crippen LogP contribution is -2.33. The number of benzene rings is 1. The summed E-state index contributed by atoms with van der Waals surface area (Å²) in [6, 6.07) is 4.92. The van der Waals surface area contributed by atoms with E-state index in [1.54, 1.807) is 5.38 Å². The van der Waals surface area contributed by atoms with Crippen molar-refractivity contribution in [2.45, 2.75) is 25.2 Å². The topological polar surface area (TPSA) is 146 Å². The highest BCUT2D eigenvalue weighted by molar-refractivity contribution is 7.86. The average molecular weight is 455 g/mol. The van der Waals surface area contributed by atoms with Crippen LogP contribution in [0, 0.1) is 10.1 Å². The van der Waals surface area contributed by atoms with Gasteiger partial charge in [-0.15, -0.1) is 11.3 Å². The van der Waals surface area contributed by atoms with Crippen LogP contribution in [-0.2, 0) is 25.6 Å². The molecule has 0 saturated carbocycles. The Labute approximate surface area is 175 Å². The number of ether oxygens (including phenoxy) is 1. The van der Waals surface area contributed by atoms with Gasteiger partial charge in [-0.2, -0.15) is 8.42 Å². The van der Waals surface area contributed by atoms with Gasteiger partial charge in [0.05, 0.1) is 35.6 Å². The third kappa shape index (κ3) is 5.37. The number of amides is 1. The number of hydrogen-bond acceptors (Lipinski definition) is 10. The molecule has 0 aliphatic carbocycles. The van der Waals surface area contributed by atoms with Crippen LogP contribution in [0.3, 0.4) is 0 Å². The highest BCUT2D eigenvalue weighted by Crippen LogP contribution is 2.35. The van der Waals surface area contributed by atoms with Crippen LogP contribution in [-0.4, -0.2) is 54.5 Å². The van der Waals surface area contributed by atoms with Gasteiger partial charge in [-0.05, 0) is 17.7 Å². The molecular weight excluding hydrogens is 438 g/mol. The van der Waals surface area contributed by atoms with Gasteiger partial charge in [0.2, 0.25) is 0 Å². The summed E-state index contributed by atoms with van der Waals surface area (Å²) in [5, 5.41) is 12.6. The maximum Gasteiger partial charge on any atom is 0.410 e. The van der Waals surface area contributed by atoms with Crippen molar-refractivity contribution in [2.75, 3.05) is 12.8 Å². The van der Waals surface area contributed by atoms with Crippen LogP contribution in [0.4, 0.5) is 10.5 Å². The summed E-state index contributed by atoms with van der Waals surface area (Å²) in [5.74, 6) is 0. The van der Waals surface area contributed by atoms with E-state index in [-0.39, 0.29) is 30.3 Å². The number of thiazole rings is 1. The first-order valence-corrected chi connectivity index (χ1v) is 11.3. The van der Waals surface area contributed by atoms with Crippen LogP contribution in [0.25, 0.3) is 0 Å². The first-order chi connectivity index (χ1) is 14.2. The Kier molecular flexibility index (Phi) is 6.43. The number of nitrogens with zero attached hydrogens (tertiary/aromatic N) is 3. The van der Waals surface area contributed by atoms with E-state index in [2.05, 4.69) is 4.98 Å². The van der Waals surface area contributed by atoms with Gasteiger partial charge >= 0.3 is 6.09 Å². The van der Waals surface area contributed by atoms with Crippen LogP contribution in [0.15, 0.2) is 29.6 Å². The number of hydrogen-bond donors (Lipinski definition) is 0. The molecule has 13 heteroatoms. The molecule has 2 aromatic rings. The number of carbonyl (C=O) groups is 2. The summed E-state index contributed by atoms with van der Waals surface area (Å²) in [5.41, 5.74) is 0.902. The minimum absolute atomic E-state index is 0.0369. The predicted octanol–water partition coefficient (Wildman–Crippen LogP) is 2.29. The molecule has 0 unspecified atom stereocenters. The number of likely N-dealkylation sites (tertiary alicyclic amines) is 1. The number of aromatic nitrogens is 1. The zero-order chi connectivity index (χ0) is 21.9. The molecule has 2 heterocycles. The van der Waals surface area contributed by atoms with E-state index in [9.17, 15) is 28.1 Å². The first-order valence-electron chi connectivity index (χ1n) is 8.62. The molecule has 2 atom stereocenters. The molecule has 30 heavy (non-hydrogen) atoms. The van der Waals surface area contributed by atoms with Gasteiger partial charge in [0.25, 0.3) is 15.8 Å². The Hall–Kier alpha value is -2.90. The van der Waals surface area contributed by atoms with Crippen molar-refractivity contribution in [3.05, 3.63) is 56.0 Å². The molecule has 0 bridgehead atoms. The van der Waals surface area contributed by atoms with Gasteiger partial charge in [0.1, 0.15) is 6.61 Å². The maximum absolute atomic E-state index is 12.7. The van der Waals surface area contributed by atoms with Crippen molar-refractivity contribution in [1.82, 2.24) is 9.88 Å². The van der Waals surface area contributed by atoms with E-state index in [1.807, 2.05) is 0 Å². The minimum atomic E-state index is -3.74. The van der Waals surface area contributed by atoms with Crippen molar-refractivity contribution in [3.63, 3.8) is 0 Å². The van der Waals surface area contributed by atoms with Crippen molar-refractivity contribution < 1.29 is 31.9 Å². The Balaban J connectivity index is 1.72. The molecule has 160 valence electrons. The zero-order valence-electron chi connectivity index (χ0n) is 15.7. The van der Waals surface area contributed by atoms with E-state index in [1.165, 1.54) is 29.2 Å². The molecule has 3 rings (SSSR count). The quantitative estimate of drug-likeness (QED) is 0.265. The molecule has 1 aliphatic heterocycles. The van der Waals surface area contributed by atoms with E-state index < -0.39 is 33.3 Å². The van der Waals surface area contributed by atoms with E-state index in [0.29, 0.717) is 17.5 Å². The number of carbonyl (C=O) groups excluding carboxylic acids is 2. The zero-order valence-corrected chi connectivity index (χ0v) is 17.3. The molecule has 0 N–H and O–H groups in total. The fraction of sp³-hybridized carbons (Fsp3) is 0.353. The monoisotopic (exact) mass is 455 g/mol. The molecular formula is C17H17N3O8S2. The van der Waals surface area contributed by atoms with E-state index >= 15 is 0 Å².